The molecular formula is C9H20N2S. The second-order valence-electron chi connectivity index (χ2n) is 3.93. The van der Waals surface area contributed by atoms with Crippen LogP contribution in [0.25, 0.3) is 0 Å². The van der Waals surface area contributed by atoms with Crippen molar-refractivity contribution in [3.05, 3.63) is 0 Å². The molecule has 1 fully saturated rings. The Kier molecular flexibility index (Phi) is 3.87. The molecule has 0 bridgehead atoms. The van der Waals surface area contributed by atoms with Crippen LogP contribution in [0, 0.1) is 5.41 Å². The lowest BCUT2D eigenvalue weighted by Crippen LogP contribution is -2.32. The van der Waals surface area contributed by atoms with Gasteiger partial charge in [-0.05, 0) is 38.1 Å². The van der Waals surface area contributed by atoms with Crippen molar-refractivity contribution in [3.63, 3.8) is 0 Å². The fraction of sp³-hybridized carbons (Fsp3) is 1.00. The largest absolute Gasteiger partial charge is 0.330 e. The highest BCUT2D eigenvalue weighted by Crippen LogP contribution is 2.44. The highest BCUT2D eigenvalue weighted by molar-refractivity contribution is 7.98. The Balaban J connectivity index is 2.13. The van der Waals surface area contributed by atoms with E-state index in [9.17, 15) is 0 Å². The second kappa shape index (κ2) is 4.49. The standard InChI is InChI=1S/C9H20N2S/c1-11(5-6-12-2)8-9(7-10)3-4-9/h3-8,10H2,1-2H3. The minimum Gasteiger partial charge on any atom is -0.330 e. The third kappa shape index (κ3) is 2.96. The molecule has 0 amide bonds. The van der Waals surface area contributed by atoms with Gasteiger partial charge in [0.1, 0.15) is 0 Å². The summed E-state index contributed by atoms with van der Waals surface area (Å²) < 4.78 is 0. The molecule has 0 radical (unpaired) electrons. The van der Waals surface area contributed by atoms with Crippen molar-refractivity contribution in [1.29, 1.82) is 0 Å². The molecule has 0 aromatic heterocycles. The van der Waals surface area contributed by atoms with Crippen molar-refractivity contribution in [3.8, 4) is 0 Å². The Labute approximate surface area is 79.9 Å². The molecule has 0 spiro atoms. The molecule has 3 heteroatoms. The summed E-state index contributed by atoms with van der Waals surface area (Å²) >= 11 is 1.91. The van der Waals surface area contributed by atoms with Crippen molar-refractivity contribution in [2.75, 3.05) is 38.7 Å². The van der Waals surface area contributed by atoms with Crippen LogP contribution < -0.4 is 5.73 Å². The average Bonchev–Trinajstić information content (AvgIpc) is 2.82. The number of nitrogens with zero attached hydrogens (tertiary/aromatic N) is 1. The first kappa shape index (κ1) is 10.4. The summed E-state index contributed by atoms with van der Waals surface area (Å²) in [6.45, 7) is 3.27. The van der Waals surface area contributed by atoms with Gasteiger partial charge in [0.25, 0.3) is 0 Å². The maximum absolute atomic E-state index is 5.71. The number of thioether (sulfide) groups is 1. The van der Waals surface area contributed by atoms with Gasteiger partial charge in [-0.2, -0.15) is 11.8 Å². The van der Waals surface area contributed by atoms with Gasteiger partial charge < -0.3 is 10.6 Å². The summed E-state index contributed by atoms with van der Waals surface area (Å²) in [5.74, 6) is 1.23. The smallest absolute Gasteiger partial charge is 0.00694 e. The monoisotopic (exact) mass is 188 g/mol. The van der Waals surface area contributed by atoms with Gasteiger partial charge >= 0.3 is 0 Å². The first-order chi connectivity index (χ1) is 5.72. The van der Waals surface area contributed by atoms with Gasteiger partial charge in [-0.15, -0.1) is 0 Å². The van der Waals surface area contributed by atoms with Gasteiger partial charge in [-0.3, -0.25) is 0 Å². The van der Waals surface area contributed by atoms with Gasteiger partial charge in [-0.25, -0.2) is 0 Å². The van der Waals surface area contributed by atoms with Gasteiger partial charge in [0.15, 0.2) is 0 Å². The molecule has 12 heavy (non-hydrogen) atoms. The van der Waals surface area contributed by atoms with Gasteiger partial charge in [0.2, 0.25) is 0 Å². The van der Waals surface area contributed by atoms with E-state index in [-0.39, 0.29) is 0 Å². The maximum Gasteiger partial charge on any atom is 0.00694 e. The minimum atomic E-state index is 0.507. The van der Waals surface area contributed by atoms with E-state index < -0.39 is 0 Å². The third-order valence-corrected chi connectivity index (χ3v) is 3.26. The molecule has 1 aliphatic carbocycles. The molecule has 72 valence electrons. The average molecular weight is 188 g/mol. The van der Waals surface area contributed by atoms with Crippen LogP contribution in [0.5, 0.6) is 0 Å². The zero-order valence-corrected chi connectivity index (χ0v) is 8.99. The highest BCUT2D eigenvalue weighted by atomic mass is 32.2. The minimum absolute atomic E-state index is 0.507. The first-order valence-corrected chi connectivity index (χ1v) is 5.99. The number of nitrogens with two attached hydrogens (primary N) is 1. The summed E-state index contributed by atoms with van der Waals surface area (Å²) in [6.07, 6.45) is 4.84. The Morgan fingerprint density at radius 3 is 2.58 bits per heavy atom. The normalized spacial score (nSPS) is 20.0. The highest BCUT2D eigenvalue weighted by Gasteiger charge is 2.41. The second-order valence-corrected chi connectivity index (χ2v) is 4.92. The van der Waals surface area contributed by atoms with Crippen molar-refractivity contribution in [2.45, 2.75) is 12.8 Å². The van der Waals surface area contributed by atoms with E-state index in [1.807, 2.05) is 11.8 Å². The van der Waals surface area contributed by atoms with Gasteiger partial charge in [-0.1, -0.05) is 0 Å². The lowest BCUT2D eigenvalue weighted by atomic mass is 10.1. The summed E-state index contributed by atoms with van der Waals surface area (Å²) in [7, 11) is 2.20. The number of hydrogen-bond acceptors (Lipinski definition) is 3. The van der Waals surface area contributed by atoms with Crippen molar-refractivity contribution in [1.82, 2.24) is 4.90 Å². The zero-order chi connectivity index (χ0) is 9.03. The van der Waals surface area contributed by atoms with E-state index in [1.54, 1.807) is 0 Å². The summed E-state index contributed by atoms with van der Waals surface area (Å²) in [6, 6.07) is 0. The molecule has 2 nitrogen and oxygen atoms in total. The third-order valence-electron chi connectivity index (χ3n) is 2.67. The van der Waals surface area contributed by atoms with E-state index in [4.69, 9.17) is 5.73 Å². The number of hydrogen-bond donors (Lipinski definition) is 1. The summed E-state index contributed by atoms with van der Waals surface area (Å²) in [5.41, 5.74) is 6.22. The number of rotatable bonds is 6. The molecule has 0 aromatic carbocycles. The molecule has 0 aliphatic heterocycles. The Bertz CT molecular complexity index is 134. The van der Waals surface area contributed by atoms with Crippen LogP contribution in [-0.4, -0.2) is 43.6 Å². The predicted molar refractivity (Wildman–Crippen MR) is 56.6 cm³/mol. The molecule has 0 atom stereocenters. The lowest BCUT2D eigenvalue weighted by Gasteiger charge is -2.21. The molecular weight excluding hydrogens is 168 g/mol. The molecule has 0 aromatic rings. The first-order valence-electron chi connectivity index (χ1n) is 4.60. The van der Waals surface area contributed by atoms with Crippen LogP contribution >= 0.6 is 11.8 Å². The van der Waals surface area contributed by atoms with E-state index in [0.29, 0.717) is 5.41 Å². The van der Waals surface area contributed by atoms with Crippen LogP contribution in [0.3, 0.4) is 0 Å². The Morgan fingerprint density at radius 2 is 2.17 bits per heavy atom. The van der Waals surface area contributed by atoms with E-state index in [1.165, 1.54) is 31.7 Å². The summed E-state index contributed by atoms with van der Waals surface area (Å²) in [4.78, 5) is 2.41. The van der Waals surface area contributed by atoms with Crippen LogP contribution in [0.1, 0.15) is 12.8 Å². The molecule has 1 saturated carbocycles. The Morgan fingerprint density at radius 1 is 1.50 bits per heavy atom. The SMILES string of the molecule is CSCCN(C)CC1(CN)CC1. The van der Waals surface area contributed by atoms with Gasteiger partial charge in [0, 0.05) is 18.8 Å². The molecule has 1 aliphatic rings. The van der Waals surface area contributed by atoms with Crippen LogP contribution in [0.2, 0.25) is 0 Å². The van der Waals surface area contributed by atoms with Crippen molar-refractivity contribution in [2.24, 2.45) is 11.1 Å². The topological polar surface area (TPSA) is 29.3 Å². The van der Waals surface area contributed by atoms with E-state index in [2.05, 4.69) is 18.2 Å². The summed E-state index contributed by atoms with van der Waals surface area (Å²) in [5, 5.41) is 0. The van der Waals surface area contributed by atoms with Crippen LogP contribution in [0.4, 0.5) is 0 Å². The molecule has 0 heterocycles. The lowest BCUT2D eigenvalue weighted by molar-refractivity contribution is 0.280. The predicted octanol–water partition coefficient (Wildman–Crippen LogP) is 1.02. The van der Waals surface area contributed by atoms with Crippen LogP contribution in [0.15, 0.2) is 0 Å². The fourth-order valence-electron chi connectivity index (χ4n) is 1.50. The zero-order valence-electron chi connectivity index (χ0n) is 8.18. The Hall–Kier alpha value is 0.270. The fourth-order valence-corrected chi connectivity index (χ4v) is 2.00. The quantitative estimate of drug-likeness (QED) is 0.675. The van der Waals surface area contributed by atoms with Crippen molar-refractivity contribution < 1.29 is 0 Å². The molecule has 0 saturated heterocycles. The molecule has 0 unspecified atom stereocenters. The van der Waals surface area contributed by atoms with Crippen LogP contribution in [-0.2, 0) is 0 Å². The van der Waals surface area contributed by atoms with E-state index >= 15 is 0 Å². The maximum atomic E-state index is 5.71. The molecule has 1 rings (SSSR count). The van der Waals surface area contributed by atoms with Gasteiger partial charge in [0.05, 0.1) is 0 Å². The van der Waals surface area contributed by atoms with Crippen molar-refractivity contribution >= 4 is 11.8 Å². The molecule has 2 N–H and O–H groups in total. The van der Waals surface area contributed by atoms with E-state index in [0.717, 1.165) is 6.54 Å².